The van der Waals surface area contributed by atoms with Gasteiger partial charge in [-0.2, -0.15) is 0 Å². The minimum absolute atomic E-state index is 0.644. The number of fused-ring (bicyclic) bond motifs is 9. The first kappa shape index (κ1) is 32.7. The van der Waals surface area contributed by atoms with E-state index in [0.29, 0.717) is 17.5 Å². The summed E-state index contributed by atoms with van der Waals surface area (Å²) in [7, 11) is 0. The van der Waals surface area contributed by atoms with Gasteiger partial charge in [0.05, 0.1) is 16.7 Å². The predicted molar refractivity (Wildman–Crippen MR) is 244 cm³/mol. The molecule has 58 heavy (non-hydrogen) atoms. The third-order valence-corrected chi connectivity index (χ3v) is 12.5. The van der Waals surface area contributed by atoms with Crippen molar-refractivity contribution in [3.63, 3.8) is 0 Å². The number of hydrogen-bond acceptors (Lipinski definition) is 4. The van der Waals surface area contributed by atoms with Crippen LogP contribution in [0.5, 0.6) is 0 Å². The van der Waals surface area contributed by atoms with E-state index in [1.165, 1.54) is 69.4 Å². The fraction of sp³-hybridized carbons (Fsp3) is 0. The Bertz CT molecular complexity index is 3560. The van der Waals surface area contributed by atoms with Crippen molar-refractivity contribution >= 4 is 74.9 Å². The Morgan fingerprint density at radius 3 is 1.76 bits per heavy atom. The van der Waals surface area contributed by atoms with E-state index in [1.807, 2.05) is 17.4 Å². The zero-order chi connectivity index (χ0) is 38.2. The largest absolute Gasteiger partial charge is 0.308 e. The van der Waals surface area contributed by atoms with Crippen molar-refractivity contribution in [3.8, 4) is 51.0 Å². The molecule has 0 N–H and O–H groups in total. The van der Waals surface area contributed by atoms with Gasteiger partial charge in [-0.25, -0.2) is 15.0 Å². The molecular weight excluding hydrogens is 725 g/mol. The molecule has 0 bridgehead atoms. The molecule has 0 aliphatic rings. The Kier molecular flexibility index (Phi) is 7.37. The van der Waals surface area contributed by atoms with Gasteiger partial charge in [-0.1, -0.05) is 164 Å². The molecule has 0 aliphatic carbocycles. The molecule has 12 rings (SSSR count). The Labute approximate surface area is 338 Å². The summed E-state index contributed by atoms with van der Waals surface area (Å²) in [4.78, 5) is 15.4. The number of rotatable bonds is 5. The van der Waals surface area contributed by atoms with Crippen LogP contribution in [-0.2, 0) is 0 Å². The number of aromatic nitrogens is 4. The van der Waals surface area contributed by atoms with Crippen LogP contribution in [0.1, 0.15) is 0 Å². The molecule has 5 heteroatoms. The first-order valence-electron chi connectivity index (χ1n) is 19.5. The number of nitrogens with zero attached hydrogens (tertiary/aromatic N) is 4. The van der Waals surface area contributed by atoms with Crippen LogP contribution in [0, 0.1) is 0 Å². The third kappa shape index (κ3) is 5.25. The van der Waals surface area contributed by atoms with Gasteiger partial charge in [-0.15, -0.1) is 11.3 Å². The SMILES string of the molecule is c1ccc(-c2ccc(-c3nc(-c4ccc5ccccc5c4)nc(-c4ccc5c(c4)sc4cccc(-n6c7ccccc7c7ccc8ccccc8c76)c45)n3)cc2)cc1. The topological polar surface area (TPSA) is 43.6 Å². The minimum Gasteiger partial charge on any atom is -0.308 e. The van der Waals surface area contributed by atoms with Crippen LogP contribution < -0.4 is 0 Å². The molecule has 0 aliphatic heterocycles. The van der Waals surface area contributed by atoms with Crippen molar-refractivity contribution in [1.82, 2.24) is 19.5 Å². The summed E-state index contributed by atoms with van der Waals surface area (Å²) in [5, 5.41) is 9.79. The van der Waals surface area contributed by atoms with Gasteiger partial charge in [0.2, 0.25) is 0 Å². The molecule has 0 spiro atoms. The van der Waals surface area contributed by atoms with E-state index in [0.717, 1.165) is 27.6 Å². The van der Waals surface area contributed by atoms with E-state index in [1.54, 1.807) is 0 Å². The summed E-state index contributed by atoms with van der Waals surface area (Å²) < 4.78 is 4.90. The van der Waals surface area contributed by atoms with Crippen molar-refractivity contribution in [1.29, 1.82) is 0 Å². The van der Waals surface area contributed by atoms with Crippen molar-refractivity contribution < 1.29 is 0 Å². The van der Waals surface area contributed by atoms with Crippen molar-refractivity contribution in [2.24, 2.45) is 0 Å². The highest BCUT2D eigenvalue weighted by Gasteiger charge is 2.20. The van der Waals surface area contributed by atoms with Crippen LogP contribution in [0.4, 0.5) is 0 Å². The Morgan fingerprint density at radius 2 is 0.931 bits per heavy atom. The van der Waals surface area contributed by atoms with Gasteiger partial charge in [0.15, 0.2) is 17.5 Å². The van der Waals surface area contributed by atoms with E-state index >= 15 is 0 Å². The van der Waals surface area contributed by atoms with Gasteiger partial charge >= 0.3 is 0 Å². The Balaban J connectivity index is 1.04. The third-order valence-electron chi connectivity index (χ3n) is 11.4. The molecule has 3 aromatic heterocycles. The van der Waals surface area contributed by atoms with Crippen LogP contribution in [-0.4, -0.2) is 19.5 Å². The zero-order valence-corrected chi connectivity index (χ0v) is 32.0. The van der Waals surface area contributed by atoms with E-state index < -0.39 is 0 Å². The first-order valence-corrected chi connectivity index (χ1v) is 20.3. The Morgan fingerprint density at radius 1 is 0.345 bits per heavy atom. The second kappa shape index (κ2) is 13.1. The van der Waals surface area contributed by atoms with E-state index in [-0.39, 0.29) is 0 Å². The van der Waals surface area contributed by atoms with E-state index in [9.17, 15) is 0 Å². The van der Waals surface area contributed by atoms with Gasteiger partial charge in [0.1, 0.15) is 0 Å². The van der Waals surface area contributed by atoms with Gasteiger partial charge in [-0.3, -0.25) is 0 Å². The average molecular weight is 757 g/mol. The molecule has 0 fully saturated rings. The van der Waals surface area contributed by atoms with Crippen LogP contribution in [0.15, 0.2) is 194 Å². The van der Waals surface area contributed by atoms with Crippen molar-refractivity contribution in [3.05, 3.63) is 194 Å². The van der Waals surface area contributed by atoms with Crippen LogP contribution >= 0.6 is 11.3 Å². The molecule has 3 heterocycles. The van der Waals surface area contributed by atoms with Crippen molar-refractivity contribution in [2.45, 2.75) is 0 Å². The lowest BCUT2D eigenvalue weighted by Crippen LogP contribution is -2.00. The van der Waals surface area contributed by atoms with Crippen molar-refractivity contribution in [2.75, 3.05) is 0 Å². The molecule has 0 amide bonds. The molecule has 0 unspecified atom stereocenters. The fourth-order valence-electron chi connectivity index (χ4n) is 8.65. The predicted octanol–water partition coefficient (Wildman–Crippen LogP) is 14.3. The molecule has 0 radical (unpaired) electrons. The molecular formula is C53H32N4S. The number of para-hydroxylation sites is 1. The standard InChI is InChI=1S/C53H32N4S/c1-2-11-33(12-3-1)35-21-24-37(25-22-35)51-54-52(39-26-23-34-13-4-5-15-38(34)31-39)56-53(55-51)40-28-30-44-48(32-40)58-47-20-10-19-46(49(44)47)57-45-18-9-8-17-42(45)43-29-27-36-14-6-7-16-41(36)50(43)57/h1-32H. The smallest absolute Gasteiger partial charge is 0.164 e. The lowest BCUT2D eigenvalue weighted by atomic mass is 10.0. The van der Waals surface area contributed by atoms with E-state index in [2.05, 4.69) is 193 Å². The number of thiophene rings is 1. The highest BCUT2D eigenvalue weighted by molar-refractivity contribution is 7.26. The van der Waals surface area contributed by atoms with Crippen LogP contribution in [0.2, 0.25) is 0 Å². The lowest BCUT2D eigenvalue weighted by molar-refractivity contribution is 1.08. The van der Waals surface area contributed by atoms with Gasteiger partial charge in [0, 0.05) is 53.0 Å². The van der Waals surface area contributed by atoms with Gasteiger partial charge < -0.3 is 4.57 Å². The molecule has 12 aromatic rings. The maximum absolute atomic E-state index is 5.17. The Hall–Kier alpha value is -7.47. The highest BCUT2D eigenvalue weighted by Crippen LogP contribution is 2.43. The van der Waals surface area contributed by atoms with Gasteiger partial charge in [0.25, 0.3) is 0 Å². The van der Waals surface area contributed by atoms with Crippen LogP contribution in [0.25, 0.3) is 115 Å². The normalized spacial score (nSPS) is 11.8. The summed E-state index contributed by atoms with van der Waals surface area (Å²) in [6.45, 7) is 0. The first-order chi connectivity index (χ1) is 28.7. The summed E-state index contributed by atoms with van der Waals surface area (Å²) in [6, 6.07) is 69.2. The summed E-state index contributed by atoms with van der Waals surface area (Å²) in [5.74, 6) is 1.94. The molecule has 9 aromatic carbocycles. The quantitative estimate of drug-likeness (QED) is 0.176. The molecule has 4 nitrogen and oxygen atoms in total. The maximum Gasteiger partial charge on any atom is 0.164 e. The molecule has 0 atom stereocenters. The molecule has 0 saturated carbocycles. The van der Waals surface area contributed by atoms with Gasteiger partial charge in [-0.05, 0) is 57.6 Å². The minimum atomic E-state index is 0.644. The van der Waals surface area contributed by atoms with Crippen LogP contribution in [0.3, 0.4) is 0 Å². The van der Waals surface area contributed by atoms with E-state index in [4.69, 9.17) is 15.0 Å². The summed E-state index contributed by atoms with van der Waals surface area (Å²) in [6.07, 6.45) is 0. The second-order valence-electron chi connectivity index (χ2n) is 14.8. The lowest BCUT2D eigenvalue weighted by Gasteiger charge is -2.12. The zero-order valence-electron chi connectivity index (χ0n) is 31.2. The summed E-state index contributed by atoms with van der Waals surface area (Å²) in [5.41, 5.74) is 8.79. The fourth-order valence-corrected chi connectivity index (χ4v) is 9.81. The average Bonchev–Trinajstić information content (AvgIpc) is 3.85. The molecule has 270 valence electrons. The summed E-state index contributed by atoms with van der Waals surface area (Å²) >= 11 is 1.81. The second-order valence-corrected chi connectivity index (χ2v) is 15.9. The molecule has 0 saturated heterocycles. The number of hydrogen-bond donors (Lipinski definition) is 0. The number of benzene rings is 9. The highest BCUT2D eigenvalue weighted by atomic mass is 32.1. The maximum atomic E-state index is 5.17. The monoisotopic (exact) mass is 756 g/mol.